The third-order valence-corrected chi connectivity index (χ3v) is 4.22. The summed E-state index contributed by atoms with van der Waals surface area (Å²) in [4.78, 5) is 23.9. The van der Waals surface area contributed by atoms with Crippen LogP contribution in [0.25, 0.3) is 0 Å². The molecule has 6 nitrogen and oxygen atoms in total. The summed E-state index contributed by atoms with van der Waals surface area (Å²) in [6.45, 7) is 4.12. The number of furan rings is 1. The average molecular weight is 393 g/mol. The Morgan fingerprint density at radius 3 is 2.52 bits per heavy atom. The van der Waals surface area contributed by atoms with Gasteiger partial charge in [0, 0.05) is 0 Å². The lowest BCUT2D eigenvalue weighted by Gasteiger charge is -2.08. The molecule has 0 aliphatic carbocycles. The van der Waals surface area contributed by atoms with E-state index in [1.165, 1.54) is 0 Å². The third kappa shape index (κ3) is 5.97. The molecule has 150 valence electrons. The second kappa shape index (κ2) is 9.59. The molecule has 0 bridgehead atoms. The molecule has 0 unspecified atom stereocenters. The molecule has 0 radical (unpaired) electrons. The molecular weight excluding hydrogens is 370 g/mol. The number of hydrogen-bond donors (Lipinski definition) is 1. The van der Waals surface area contributed by atoms with E-state index in [-0.39, 0.29) is 25.5 Å². The Morgan fingerprint density at radius 2 is 1.76 bits per heavy atom. The maximum atomic E-state index is 12.1. The molecule has 1 amide bonds. The SMILES string of the molecule is Cc1ccc(OCc2ccc(C(=O)NCC(=O)OCc3ccccc3)o2)c(C)c1. The van der Waals surface area contributed by atoms with Gasteiger partial charge in [-0.25, -0.2) is 0 Å². The first-order valence-corrected chi connectivity index (χ1v) is 9.28. The second-order valence-electron chi connectivity index (χ2n) is 6.65. The van der Waals surface area contributed by atoms with Crippen molar-refractivity contribution in [3.05, 3.63) is 88.9 Å². The van der Waals surface area contributed by atoms with Gasteiger partial charge in [0.05, 0.1) is 0 Å². The van der Waals surface area contributed by atoms with E-state index >= 15 is 0 Å². The maximum absolute atomic E-state index is 12.1. The van der Waals surface area contributed by atoms with Gasteiger partial charge in [-0.3, -0.25) is 9.59 Å². The maximum Gasteiger partial charge on any atom is 0.325 e. The molecule has 0 spiro atoms. The summed E-state index contributed by atoms with van der Waals surface area (Å²) in [6.07, 6.45) is 0. The highest BCUT2D eigenvalue weighted by Gasteiger charge is 2.14. The van der Waals surface area contributed by atoms with Crippen molar-refractivity contribution in [2.75, 3.05) is 6.54 Å². The summed E-state index contributed by atoms with van der Waals surface area (Å²) in [6, 6.07) is 18.5. The smallest absolute Gasteiger partial charge is 0.325 e. The topological polar surface area (TPSA) is 77.8 Å². The van der Waals surface area contributed by atoms with Crippen LogP contribution in [0, 0.1) is 13.8 Å². The molecule has 0 saturated heterocycles. The van der Waals surface area contributed by atoms with Gasteiger partial charge < -0.3 is 19.2 Å². The number of hydrogen-bond acceptors (Lipinski definition) is 5. The van der Waals surface area contributed by atoms with Gasteiger partial charge in [0.1, 0.15) is 31.3 Å². The van der Waals surface area contributed by atoms with Crippen molar-refractivity contribution in [1.29, 1.82) is 0 Å². The monoisotopic (exact) mass is 393 g/mol. The third-order valence-electron chi connectivity index (χ3n) is 4.22. The summed E-state index contributed by atoms with van der Waals surface area (Å²) < 4.78 is 16.4. The molecule has 1 aromatic heterocycles. The van der Waals surface area contributed by atoms with Crippen molar-refractivity contribution in [2.45, 2.75) is 27.1 Å². The van der Waals surface area contributed by atoms with Gasteiger partial charge in [-0.1, -0.05) is 48.0 Å². The highest BCUT2D eigenvalue weighted by atomic mass is 16.5. The van der Waals surface area contributed by atoms with Crippen LogP contribution in [0.15, 0.2) is 65.1 Å². The highest BCUT2D eigenvalue weighted by Crippen LogP contribution is 2.20. The van der Waals surface area contributed by atoms with Crippen molar-refractivity contribution in [2.24, 2.45) is 0 Å². The Balaban J connectivity index is 1.44. The van der Waals surface area contributed by atoms with Crippen LogP contribution < -0.4 is 10.1 Å². The highest BCUT2D eigenvalue weighted by molar-refractivity contribution is 5.93. The summed E-state index contributed by atoms with van der Waals surface area (Å²) in [5.41, 5.74) is 3.07. The minimum Gasteiger partial charge on any atom is -0.485 e. The first-order chi connectivity index (χ1) is 14.0. The Labute approximate surface area is 169 Å². The van der Waals surface area contributed by atoms with Gasteiger partial charge in [-0.2, -0.15) is 0 Å². The zero-order valence-corrected chi connectivity index (χ0v) is 16.4. The van der Waals surface area contributed by atoms with Crippen molar-refractivity contribution in [3.8, 4) is 5.75 Å². The minimum absolute atomic E-state index is 0.111. The van der Waals surface area contributed by atoms with E-state index in [9.17, 15) is 9.59 Å². The van der Waals surface area contributed by atoms with Crippen LogP contribution in [-0.4, -0.2) is 18.4 Å². The molecule has 6 heteroatoms. The van der Waals surface area contributed by atoms with Crippen LogP contribution in [0.1, 0.15) is 33.0 Å². The number of benzene rings is 2. The van der Waals surface area contributed by atoms with Gasteiger partial charge in [-0.05, 0) is 43.2 Å². The largest absolute Gasteiger partial charge is 0.485 e. The van der Waals surface area contributed by atoms with E-state index in [1.807, 2.05) is 62.4 Å². The predicted molar refractivity (Wildman–Crippen MR) is 108 cm³/mol. The van der Waals surface area contributed by atoms with Gasteiger partial charge in [-0.15, -0.1) is 0 Å². The van der Waals surface area contributed by atoms with Crippen LogP contribution in [0.4, 0.5) is 0 Å². The van der Waals surface area contributed by atoms with Crippen LogP contribution in [0.5, 0.6) is 5.75 Å². The van der Waals surface area contributed by atoms with Crippen molar-refractivity contribution < 1.29 is 23.5 Å². The first kappa shape index (κ1) is 20.2. The van der Waals surface area contributed by atoms with E-state index in [2.05, 4.69) is 5.32 Å². The van der Waals surface area contributed by atoms with Crippen LogP contribution in [-0.2, 0) is 22.7 Å². The molecule has 3 aromatic rings. The van der Waals surface area contributed by atoms with Gasteiger partial charge in [0.2, 0.25) is 0 Å². The zero-order chi connectivity index (χ0) is 20.6. The molecule has 1 heterocycles. The Bertz CT molecular complexity index is 978. The minimum atomic E-state index is -0.521. The molecule has 0 saturated carbocycles. The molecular formula is C23H23NO5. The van der Waals surface area contributed by atoms with E-state index in [4.69, 9.17) is 13.9 Å². The van der Waals surface area contributed by atoms with Crippen molar-refractivity contribution >= 4 is 11.9 Å². The number of amides is 1. The fourth-order valence-electron chi connectivity index (χ4n) is 2.72. The van der Waals surface area contributed by atoms with Crippen LogP contribution in [0.3, 0.4) is 0 Å². The second-order valence-corrected chi connectivity index (χ2v) is 6.65. The normalized spacial score (nSPS) is 10.4. The van der Waals surface area contributed by atoms with Gasteiger partial charge >= 0.3 is 5.97 Å². The molecule has 3 rings (SSSR count). The summed E-state index contributed by atoms with van der Waals surface area (Å²) >= 11 is 0. The quantitative estimate of drug-likeness (QED) is 0.587. The summed E-state index contributed by atoms with van der Waals surface area (Å²) in [7, 11) is 0. The number of rotatable bonds is 8. The van der Waals surface area contributed by atoms with Gasteiger partial charge in [0.15, 0.2) is 5.76 Å². The van der Waals surface area contributed by atoms with E-state index in [0.717, 1.165) is 22.4 Å². The lowest BCUT2D eigenvalue weighted by atomic mass is 10.1. The zero-order valence-electron chi connectivity index (χ0n) is 16.4. The van der Waals surface area contributed by atoms with Crippen LogP contribution >= 0.6 is 0 Å². The standard InChI is InChI=1S/C23H23NO5/c1-16-8-10-20(17(2)12-16)27-15-19-9-11-21(29-19)23(26)24-13-22(25)28-14-18-6-4-3-5-7-18/h3-12H,13-15H2,1-2H3,(H,24,26). The summed E-state index contributed by atoms with van der Waals surface area (Å²) in [5.74, 6) is 0.382. The van der Waals surface area contributed by atoms with Crippen molar-refractivity contribution in [3.63, 3.8) is 0 Å². The number of ether oxygens (including phenoxy) is 2. The number of carbonyl (C=O) groups is 2. The fourth-order valence-corrected chi connectivity index (χ4v) is 2.72. The molecule has 0 fully saturated rings. The number of nitrogens with one attached hydrogen (secondary N) is 1. The average Bonchev–Trinajstić information content (AvgIpc) is 3.20. The number of aryl methyl sites for hydroxylation is 2. The Kier molecular flexibility index (Phi) is 6.68. The van der Waals surface area contributed by atoms with Gasteiger partial charge in [0.25, 0.3) is 5.91 Å². The molecule has 0 atom stereocenters. The number of esters is 1. The fraction of sp³-hybridized carbons (Fsp3) is 0.217. The molecule has 2 aromatic carbocycles. The van der Waals surface area contributed by atoms with E-state index < -0.39 is 11.9 Å². The Morgan fingerprint density at radius 1 is 0.966 bits per heavy atom. The molecule has 1 N–H and O–H groups in total. The van der Waals surface area contributed by atoms with E-state index in [1.54, 1.807) is 12.1 Å². The Hall–Kier alpha value is -3.54. The number of carbonyl (C=O) groups excluding carboxylic acids is 2. The molecule has 0 aliphatic heterocycles. The first-order valence-electron chi connectivity index (χ1n) is 9.28. The lowest BCUT2D eigenvalue weighted by Crippen LogP contribution is -2.30. The van der Waals surface area contributed by atoms with E-state index in [0.29, 0.717) is 5.76 Å². The predicted octanol–water partition coefficient (Wildman–Crippen LogP) is 3.95. The summed E-state index contributed by atoms with van der Waals surface area (Å²) in [5, 5.41) is 2.49. The lowest BCUT2D eigenvalue weighted by molar-refractivity contribution is -0.143. The van der Waals surface area contributed by atoms with Crippen molar-refractivity contribution in [1.82, 2.24) is 5.32 Å². The van der Waals surface area contributed by atoms with Crippen LogP contribution in [0.2, 0.25) is 0 Å². The molecule has 0 aliphatic rings. The molecule has 29 heavy (non-hydrogen) atoms.